The molecule has 0 aromatic heterocycles. The van der Waals surface area contributed by atoms with Gasteiger partial charge in [-0.05, 0) is 110 Å². The Labute approximate surface area is 261 Å². The number of ketones is 6. The number of hydrogen-bond donors (Lipinski definition) is 1. The van der Waals surface area contributed by atoms with Crippen molar-refractivity contribution in [2.75, 3.05) is 28.2 Å². The summed E-state index contributed by atoms with van der Waals surface area (Å²) >= 11 is 0. The summed E-state index contributed by atoms with van der Waals surface area (Å²) in [6.45, 7) is 30.8. The van der Waals surface area contributed by atoms with E-state index in [1.165, 1.54) is 86.0 Å². The van der Waals surface area contributed by atoms with Crippen molar-refractivity contribution in [2.45, 2.75) is 65.8 Å². The standard InChI is InChI=1S/C32H47N4O7P/c1-18(2)25(38)31(26(39)19(3)4,27(40)20(5)6)36(44(34(14)15,35(16)17)33-24(13)37)32(28(41)21(7)8,29(42)22(9)10)30(43)23(11)12/h24,37H,1,3,5,7,9,11H2,2,4,6,8,10,12-17H3. The van der Waals surface area contributed by atoms with Crippen LogP contribution in [-0.2, 0) is 28.8 Å². The zero-order valence-electron chi connectivity index (χ0n) is 28.0. The van der Waals surface area contributed by atoms with Crippen molar-refractivity contribution in [1.29, 1.82) is 0 Å². The molecule has 0 saturated carbocycles. The fourth-order valence-corrected chi connectivity index (χ4v) is 8.65. The molecule has 0 aromatic carbocycles. The third kappa shape index (κ3) is 6.48. The summed E-state index contributed by atoms with van der Waals surface area (Å²) in [7, 11) is 1.44. The molecule has 0 bridgehead atoms. The third-order valence-corrected chi connectivity index (χ3v) is 10.5. The van der Waals surface area contributed by atoms with Crippen molar-refractivity contribution < 1.29 is 33.9 Å². The molecule has 0 saturated heterocycles. The SMILES string of the molecule is C=C(C)C(=O)C(C(=O)C(=C)C)(C(=O)C(=C)C)N(C(C(=O)C(=C)C)(C(=O)C(=C)C)C(=O)C(=C)C)P(=NC(C)O)(N(C)C)N(C)C. The number of nitrogens with zero attached hydrogens (tertiary/aromatic N) is 4. The fourth-order valence-electron chi connectivity index (χ4n) is 4.90. The van der Waals surface area contributed by atoms with Crippen LogP contribution in [0.3, 0.4) is 0 Å². The average Bonchev–Trinajstić information content (AvgIpc) is 2.89. The van der Waals surface area contributed by atoms with E-state index in [-0.39, 0.29) is 33.4 Å². The first kappa shape index (κ1) is 40.5. The molecule has 1 atom stereocenters. The van der Waals surface area contributed by atoms with Gasteiger partial charge in [0.1, 0.15) is 6.23 Å². The first-order valence-corrected chi connectivity index (χ1v) is 15.1. The first-order chi connectivity index (χ1) is 19.8. The van der Waals surface area contributed by atoms with E-state index in [2.05, 4.69) is 44.2 Å². The van der Waals surface area contributed by atoms with E-state index in [9.17, 15) is 33.9 Å². The van der Waals surface area contributed by atoms with E-state index >= 15 is 0 Å². The van der Waals surface area contributed by atoms with Gasteiger partial charge in [0.05, 0.1) is 0 Å². The van der Waals surface area contributed by atoms with Crippen molar-refractivity contribution in [3.8, 4) is 0 Å². The molecule has 1 N–H and O–H groups in total. The monoisotopic (exact) mass is 630 g/mol. The van der Waals surface area contributed by atoms with Gasteiger partial charge in [-0.3, -0.25) is 38.1 Å². The second-order valence-electron chi connectivity index (χ2n) is 11.4. The third-order valence-electron chi connectivity index (χ3n) is 6.60. The largest absolute Gasteiger partial charge is 0.372 e. The fraction of sp³-hybridized carbons (Fsp3) is 0.438. The van der Waals surface area contributed by atoms with Gasteiger partial charge < -0.3 is 5.11 Å². The van der Waals surface area contributed by atoms with Crippen molar-refractivity contribution in [2.24, 2.45) is 4.74 Å². The lowest BCUT2D eigenvalue weighted by atomic mass is 9.70. The second kappa shape index (κ2) is 14.5. The van der Waals surface area contributed by atoms with Crippen LogP contribution >= 0.6 is 7.51 Å². The molecule has 242 valence electrons. The Kier molecular flexibility index (Phi) is 13.4. The van der Waals surface area contributed by atoms with Gasteiger partial charge >= 0.3 is 0 Å². The number of carbonyl (C=O) groups is 6. The average molecular weight is 631 g/mol. The van der Waals surface area contributed by atoms with E-state index in [0.717, 1.165) is 0 Å². The molecule has 11 nitrogen and oxygen atoms in total. The highest BCUT2D eigenvalue weighted by Crippen LogP contribution is 2.65. The number of carbonyl (C=O) groups excluding carboxylic acids is 6. The molecule has 12 heteroatoms. The van der Waals surface area contributed by atoms with E-state index < -0.39 is 59.5 Å². The molecule has 1 unspecified atom stereocenters. The van der Waals surface area contributed by atoms with Crippen LogP contribution in [0.1, 0.15) is 48.5 Å². The van der Waals surface area contributed by atoms with Crippen molar-refractivity contribution >= 4 is 42.2 Å². The molecule has 0 aliphatic rings. The van der Waals surface area contributed by atoms with Crippen LogP contribution in [0.2, 0.25) is 0 Å². The highest BCUT2D eigenvalue weighted by molar-refractivity contribution is 7.59. The molecule has 0 amide bonds. The number of aliphatic hydroxyl groups excluding tert-OH is 1. The molecule has 0 radical (unpaired) electrons. The Morgan fingerprint density at radius 1 is 0.545 bits per heavy atom. The quantitative estimate of drug-likeness (QED) is 0.134. The minimum Gasteiger partial charge on any atom is -0.372 e. The number of hydrogen-bond acceptors (Lipinski definition) is 8. The number of aliphatic hydroxyl groups is 1. The summed E-state index contributed by atoms with van der Waals surface area (Å²) in [5.41, 5.74) is -8.49. The lowest BCUT2D eigenvalue weighted by Crippen LogP contribution is -2.78. The van der Waals surface area contributed by atoms with Crippen LogP contribution < -0.4 is 0 Å². The van der Waals surface area contributed by atoms with Crippen molar-refractivity contribution in [3.63, 3.8) is 0 Å². The highest BCUT2D eigenvalue weighted by atomic mass is 31.2. The molecule has 0 fully saturated rings. The maximum absolute atomic E-state index is 14.7. The molecular formula is C32H47N4O7P. The van der Waals surface area contributed by atoms with Crippen LogP contribution in [0.25, 0.3) is 0 Å². The zero-order valence-corrected chi connectivity index (χ0v) is 28.8. The van der Waals surface area contributed by atoms with Gasteiger partial charge in [-0.25, -0.2) is 4.74 Å². The molecule has 0 heterocycles. The summed E-state index contributed by atoms with van der Waals surface area (Å²) in [6.07, 6.45) is -1.59. The Morgan fingerprint density at radius 3 is 0.841 bits per heavy atom. The van der Waals surface area contributed by atoms with E-state index in [1.807, 2.05) is 0 Å². The van der Waals surface area contributed by atoms with Gasteiger partial charge in [-0.15, -0.1) is 0 Å². The zero-order chi connectivity index (χ0) is 35.4. The van der Waals surface area contributed by atoms with Gasteiger partial charge in [0.2, 0.25) is 11.1 Å². The van der Waals surface area contributed by atoms with Crippen LogP contribution in [0.4, 0.5) is 0 Å². The summed E-state index contributed by atoms with van der Waals surface area (Å²) in [5, 5.41) is 10.8. The first-order valence-electron chi connectivity index (χ1n) is 13.5. The van der Waals surface area contributed by atoms with Crippen LogP contribution in [0, 0.1) is 0 Å². The number of Topliss-reactive ketones (excluding diaryl/α,β-unsaturated/α-hetero) is 6. The summed E-state index contributed by atoms with van der Waals surface area (Å²) in [4.78, 5) is 88.3. The Hall–Kier alpha value is -3.47. The van der Waals surface area contributed by atoms with E-state index in [1.54, 1.807) is 0 Å². The topological polar surface area (TPSA) is 145 Å². The molecule has 0 spiro atoms. The lowest BCUT2D eigenvalue weighted by molar-refractivity contribution is -0.154. The van der Waals surface area contributed by atoms with Gasteiger partial charge in [0.15, 0.2) is 42.2 Å². The summed E-state index contributed by atoms with van der Waals surface area (Å²) < 4.78 is 7.90. The molecular weight excluding hydrogens is 583 g/mol. The normalized spacial score (nSPS) is 12.8. The van der Waals surface area contributed by atoms with Crippen LogP contribution in [0.15, 0.2) is 77.7 Å². The van der Waals surface area contributed by atoms with Crippen molar-refractivity contribution in [1.82, 2.24) is 14.0 Å². The van der Waals surface area contributed by atoms with Gasteiger partial charge in [0.25, 0.3) is 0 Å². The maximum atomic E-state index is 14.7. The summed E-state index contributed by atoms with van der Waals surface area (Å²) in [6, 6.07) is 0. The predicted molar refractivity (Wildman–Crippen MR) is 175 cm³/mol. The van der Waals surface area contributed by atoms with Gasteiger partial charge in [0, 0.05) is 0 Å². The van der Waals surface area contributed by atoms with Crippen LogP contribution in [0.5, 0.6) is 0 Å². The molecule has 0 aliphatic heterocycles. The lowest BCUT2D eigenvalue weighted by Gasteiger charge is -2.57. The predicted octanol–water partition coefficient (Wildman–Crippen LogP) is 4.04. The smallest absolute Gasteiger partial charge is 0.218 e. The van der Waals surface area contributed by atoms with Gasteiger partial charge in [-0.1, -0.05) is 39.5 Å². The minimum atomic E-state index is -4.31. The molecule has 0 aliphatic carbocycles. The second-order valence-corrected chi connectivity index (χ2v) is 14.7. The Bertz CT molecular complexity index is 1220. The Morgan fingerprint density at radius 2 is 0.727 bits per heavy atom. The highest BCUT2D eigenvalue weighted by Gasteiger charge is 2.73. The van der Waals surface area contributed by atoms with Crippen LogP contribution in [-0.4, -0.2) is 99.3 Å². The van der Waals surface area contributed by atoms with E-state index in [4.69, 9.17) is 0 Å². The number of rotatable bonds is 18. The molecule has 0 rings (SSSR count). The minimum absolute atomic E-state index is 0.339. The maximum Gasteiger partial charge on any atom is 0.218 e. The molecule has 44 heavy (non-hydrogen) atoms. The van der Waals surface area contributed by atoms with Gasteiger partial charge in [-0.2, -0.15) is 4.67 Å². The van der Waals surface area contributed by atoms with E-state index in [0.29, 0.717) is 4.67 Å². The summed E-state index contributed by atoms with van der Waals surface area (Å²) in [5.74, 6) is -7.53. The van der Waals surface area contributed by atoms with Crippen molar-refractivity contribution in [3.05, 3.63) is 72.9 Å². The molecule has 0 aromatic rings. The Balaban J connectivity index is 10.3.